The highest BCUT2D eigenvalue weighted by molar-refractivity contribution is 8.00. The van der Waals surface area contributed by atoms with E-state index in [2.05, 4.69) is 62.7 Å². The molecule has 1 atom stereocenters. The molecule has 4 rings (SSSR count). The molecule has 8 heteroatoms. The second kappa shape index (κ2) is 9.39. The normalized spacial score (nSPS) is 18.8. The van der Waals surface area contributed by atoms with Gasteiger partial charge in [0.05, 0.1) is 10.9 Å². The van der Waals surface area contributed by atoms with Crippen molar-refractivity contribution in [3.05, 3.63) is 29.8 Å². The maximum absolute atomic E-state index is 13.1. The van der Waals surface area contributed by atoms with Crippen LogP contribution >= 0.6 is 11.8 Å². The van der Waals surface area contributed by atoms with E-state index in [9.17, 15) is 4.79 Å². The van der Waals surface area contributed by atoms with Gasteiger partial charge in [-0.1, -0.05) is 36.4 Å². The molecule has 1 aromatic heterocycles. The summed E-state index contributed by atoms with van der Waals surface area (Å²) in [4.78, 5) is 19.8. The van der Waals surface area contributed by atoms with Crippen LogP contribution in [0.3, 0.4) is 0 Å². The fourth-order valence-corrected chi connectivity index (χ4v) is 5.08. The molecule has 2 aliphatic heterocycles. The van der Waals surface area contributed by atoms with E-state index in [-0.39, 0.29) is 11.2 Å². The number of aryl methyl sites for hydroxylation is 1. The van der Waals surface area contributed by atoms with Gasteiger partial charge in [-0.3, -0.25) is 9.36 Å². The minimum Gasteiger partial charge on any atom is -0.341 e. The Kier molecular flexibility index (Phi) is 6.63. The molecule has 30 heavy (non-hydrogen) atoms. The lowest BCUT2D eigenvalue weighted by Gasteiger charge is -2.35. The third-order valence-electron chi connectivity index (χ3n) is 6.06. The van der Waals surface area contributed by atoms with Crippen LogP contribution in [-0.2, 0) is 4.79 Å². The first-order valence-corrected chi connectivity index (χ1v) is 11.9. The number of anilines is 1. The minimum atomic E-state index is -0.196. The van der Waals surface area contributed by atoms with Gasteiger partial charge in [0.2, 0.25) is 11.9 Å². The van der Waals surface area contributed by atoms with Gasteiger partial charge in [-0.2, -0.15) is 0 Å². The van der Waals surface area contributed by atoms with Crippen LogP contribution in [-0.4, -0.2) is 81.5 Å². The van der Waals surface area contributed by atoms with Gasteiger partial charge in [-0.05, 0) is 45.4 Å². The van der Waals surface area contributed by atoms with E-state index in [0.29, 0.717) is 0 Å². The highest BCUT2D eigenvalue weighted by Crippen LogP contribution is 2.31. The van der Waals surface area contributed by atoms with Crippen LogP contribution in [0.2, 0.25) is 0 Å². The zero-order chi connectivity index (χ0) is 21.1. The molecule has 2 aliphatic rings. The summed E-state index contributed by atoms with van der Waals surface area (Å²) in [7, 11) is 0. The molecule has 3 heterocycles. The van der Waals surface area contributed by atoms with Crippen LogP contribution in [0.4, 0.5) is 5.95 Å². The van der Waals surface area contributed by atoms with Crippen molar-refractivity contribution in [2.24, 2.45) is 0 Å². The van der Waals surface area contributed by atoms with E-state index >= 15 is 0 Å². The number of carbonyl (C=O) groups excluding carboxylic acids is 1. The standard InChI is InChI=1S/C22H32N6OS/c1-4-25-13-15-26(16-14-25)20(29)18(3)30-22-24-23-21(27-11-5-6-12-27)28(22)19-9-7-17(2)8-10-19/h7-10,18H,4-6,11-16H2,1-3H3. The van der Waals surface area contributed by atoms with Crippen LogP contribution in [0, 0.1) is 6.92 Å². The second-order valence-corrected chi connectivity index (χ2v) is 9.48. The number of rotatable bonds is 6. The number of amides is 1. The molecule has 2 saturated heterocycles. The van der Waals surface area contributed by atoms with Crippen molar-refractivity contribution in [3.8, 4) is 5.69 Å². The third-order valence-corrected chi connectivity index (χ3v) is 7.09. The molecular formula is C22H32N6OS. The van der Waals surface area contributed by atoms with Crippen LogP contribution in [0.25, 0.3) is 5.69 Å². The Balaban J connectivity index is 1.54. The SMILES string of the molecule is CCN1CCN(C(=O)C(C)Sc2nnc(N3CCCC3)n2-c2ccc(C)cc2)CC1. The van der Waals surface area contributed by atoms with Crippen LogP contribution in [0.1, 0.15) is 32.3 Å². The maximum atomic E-state index is 13.1. The number of carbonyl (C=O) groups is 1. The highest BCUT2D eigenvalue weighted by atomic mass is 32.2. The number of aromatic nitrogens is 3. The van der Waals surface area contributed by atoms with Crippen LogP contribution in [0.5, 0.6) is 0 Å². The van der Waals surface area contributed by atoms with Crippen molar-refractivity contribution in [1.29, 1.82) is 0 Å². The van der Waals surface area contributed by atoms with Gasteiger partial charge in [0.25, 0.3) is 0 Å². The van der Waals surface area contributed by atoms with Crippen molar-refractivity contribution in [3.63, 3.8) is 0 Å². The summed E-state index contributed by atoms with van der Waals surface area (Å²) in [5.41, 5.74) is 2.27. The first kappa shape index (κ1) is 21.2. The summed E-state index contributed by atoms with van der Waals surface area (Å²) in [6.07, 6.45) is 2.36. The van der Waals surface area contributed by atoms with E-state index < -0.39 is 0 Å². The van der Waals surface area contributed by atoms with Crippen molar-refractivity contribution in [2.45, 2.75) is 44.0 Å². The third kappa shape index (κ3) is 4.49. The molecule has 1 aromatic carbocycles. The Morgan fingerprint density at radius 3 is 2.33 bits per heavy atom. The molecule has 0 aliphatic carbocycles. The monoisotopic (exact) mass is 428 g/mol. The molecule has 7 nitrogen and oxygen atoms in total. The quantitative estimate of drug-likeness (QED) is 0.660. The van der Waals surface area contributed by atoms with E-state index in [4.69, 9.17) is 0 Å². The Morgan fingerprint density at radius 1 is 1.03 bits per heavy atom. The Hall–Kier alpha value is -2.06. The number of hydrogen-bond acceptors (Lipinski definition) is 6. The Bertz CT molecular complexity index is 853. The fourth-order valence-electron chi connectivity index (χ4n) is 4.13. The predicted molar refractivity (Wildman–Crippen MR) is 122 cm³/mol. The lowest BCUT2D eigenvalue weighted by Crippen LogP contribution is -2.50. The number of thioether (sulfide) groups is 1. The number of likely N-dealkylation sites (N-methyl/N-ethyl adjacent to an activating group) is 1. The lowest BCUT2D eigenvalue weighted by atomic mass is 10.2. The number of piperazine rings is 1. The summed E-state index contributed by atoms with van der Waals surface area (Å²) in [6, 6.07) is 8.44. The first-order chi connectivity index (χ1) is 14.6. The fraction of sp³-hybridized carbons (Fsp3) is 0.591. The lowest BCUT2D eigenvalue weighted by molar-refractivity contribution is -0.132. The topological polar surface area (TPSA) is 57.5 Å². The summed E-state index contributed by atoms with van der Waals surface area (Å²) in [5, 5.41) is 9.63. The van der Waals surface area contributed by atoms with E-state index in [1.54, 1.807) is 0 Å². The molecule has 1 unspecified atom stereocenters. The molecule has 162 valence electrons. The van der Waals surface area contributed by atoms with Gasteiger partial charge >= 0.3 is 0 Å². The Morgan fingerprint density at radius 2 is 1.70 bits per heavy atom. The predicted octanol–water partition coefficient (Wildman–Crippen LogP) is 2.82. The molecule has 0 bridgehead atoms. The molecule has 2 aromatic rings. The van der Waals surface area contributed by atoms with Gasteiger partial charge in [0.1, 0.15) is 0 Å². The zero-order valence-corrected chi connectivity index (χ0v) is 19.1. The van der Waals surface area contributed by atoms with E-state index in [1.807, 2.05) is 11.8 Å². The molecule has 2 fully saturated rings. The van der Waals surface area contributed by atoms with Gasteiger partial charge < -0.3 is 14.7 Å². The van der Waals surface area contributed by atoms with Crippen LogP contribution < -0.4 is 4.90 Å². The van der Waals surface area contributed by atoms with E-state index in [1.165, 1.54) is 30.2 Å². The molecule has 1 amide bonds. The summed E-state index contributed by atoms with van der Waals surface area (Å²) < 4.78 is 2.12. The van der Waals surface area contributed by atoms with Crippen LogP contribution in [0.15, 0.2) is 29.4 Å². The highest BCUT2D eigenvalue weighted by Gasteiger charge is 2.28. The summed E-state index contributed by atoms with van der Waals surface area (Å²) in [6.45, 7) is 12.8. The number of nitrogens with zero attached hydrogens (tertiary/aromatic N) is 6. The van der Waals surface area contributed by atoms with Gasteiger partial charge in [-0.15, -0.1) is 10.2 Å². The summed E-state index contributed by atoms with van der Waals surface area (Å²) >= 11 is 1.52. The molecular weight excluding hydrogens is 396 g/mol. The average molecular weight is 429 g/mol. The van der Waals surface area contributed by atoms with Crippen molar-refractivity contribution >= 4 is 23.6 Å². The van der Waals surface area contributed by atoms with Crippen molar-refractivity contribution < 1.29 is 4.79 Å². The molecule has 0 saturated carbocycles. The zero-order valence-electron chi connectivity index (χ0n) is 18.3. The summed E-state index contributed by atoms with van der Waals surface area (Å²) in [5.74, 6) is 1.08. The second-order valence-electron chi connectivity index (χ2n) is 8.17. The van der Waals surface area contributed by atoms with Gasteiger partial charge in [0, 0.05) is 39.3 Å². The molecule has 0 radical (unpaired) electrons. The van der Waals surface area contributed by atoms with Gasteiger partial charge in [0.15, 0.2) is 5.16 Å². The number of hydrogen-bond donors (Lipinski definition) is 0. The largest absolute Gasteiger partial charge is 0.341 e. The smallest absolute Gasteiger partial charge is 0.235 e. The first-order valence-electron chi connectivity index (χ1n) is 11.0. The molecule has 0 N–H and O–H groups in total. The number of benzene rings is 1. The van der Waals surface area contributed by atoms with Crippen molar-refractivity contribution in [1.82, 2.24) is 24.6 Å². The average Bonchev–Trinajstić information content (AvgIpc) is 3.44. The van der Waals surface area contributed by atoms with Gasteiger partial charge in [-0.25, -0.2) is 0 Å². The molecule has 0 spiro atoms. The minimum absolute atomic E-state index is 0.192. The maximum Gasteiger partial charge on any atom is 0.235 e. The van der Waals surface area contributed by atoms with E-state index in [0.717, 1.165) is 62.6 Å². The van der Waals surface area contributed by atoms with Crippen molar-refractivity contribution in [2.75, 3.05) is 50.7 Å². The Labute approximate surface area is 183 Å².